The summed E-state index contributed by atoms with van der Waals surface area (Å²) in [4.78, 5) is 0. The number of aromatic nitrogens is 2. The van der Waals surface area contributed by atoms with Gasteiger partial charge >= 0.3 is 0 Å². The van der Waals surface area contributed by atoms with Gasteiger partial charge in [0.05, 0.1) is 0 Å². The molecule has 0 aliphatic heterocycles. The van der Waals surface area contributed by atoms with Gasteiger partial charge in [-0.05, 0) is 12.8 Å². The molecule has 1 fully saturated rings. The quantitative estimate of drug-likeness (QED) is 0.495. The molecule has 1 saturated carbocycles. The Kier molecular flexibility index (Phi) is 1.13. The summed E-state index contributed by atoms with van der Waals surface area (Å²) in [5.41, 5.74) is 2.07. The fourth-order valence-electron chi connectivity index (χ4n) is 1.32. The van der Waals surface area contributed by atoms with Gasteiger partial charge in [-0.2, -0.15) is 5.10 Å². The SMILES string of the molecule is [B]c1cnn(C)c1C1CC1. The largest absolute Gasteiger partial charge is 0.273 e. The lowest BCUT2D eigenvalue weighted by Crippen LogP contribution is -2.08. The van der Waals surface area contributed by atoms with Crippen molar-refractivity contribution in [1.82, 2.24) is 9.78 Å². The van der Waals surface area contributed by atoms with E-state index in [-0.39, 0.29) is 0 Å². The predicted octanol–water partition coefficient (Wildman–Crippen LogP) is 0.0913. The van der Waals surface area contributed by atoms with E-state index in [4.69, 9.17) is 7.85 Å². The van der Waals surface area contributed by atoms with Gasteiger partial charge in [0.15, 0.2) is 0 Å². The van der Waals surface area contributed by atoms with Crippen molar-refractivity contribution in [2.75, 3.05) is 0 Å². The second-order valence-electron chi connectivity index (χ2n) is 2.88. The van der Waals surface area contributed by atoms with Crippen molar-refractivity contribution in [3.8, 4) is 0 Å². The first-order valence-corrected chi connectivity index (χ1v) is 3.56. The third-order valence-electron chi connectivity index (χ3n) is 1.98. The van der Waals surface area contributed by atoms with Gasteiger partial charge in [-0.15, -0.1) is 0 Å². The van der Waals surface area contributed by atoms with E-state index in [1.165, 1.54) is 18.5 Å². The van der Waals surface area contributed by atoms with E-state index in [0.717, 1.165) is 5.46 Å². The fraction of sp³-hybridized carbons (Fsp3) is 0.571. The van der Waals surface area contributed by atoms with Crippen LogP contribution in [0.4, 0.5) is 0 Å². The Balaban J connectivity index is 2.44. The second kappa shape index (κ2) is 1.88. The summed E-state index contributed by atoms with van der Waals surface area (Å²) in [7, 11) is 7.65. The summed E-state index contributed by atoms with van der Waals surface area (Å²) in [6.07, 6.45) is 4.29. The van der Waals surface area contributed by atoms with E-state index >= 15 is 0 Å². The van der Waals surface area contributed by atoms with Gasteiger partial charge in [-0.1, -0.05) is 5.46 Å². The summed E-state index contributed by atoms with van der Waals surface area (Å²) in [6, 6.07) is 0. The van der Waals surface area contributed by atoms with E-state index in [1.807, 2.05) is 11.7 Å². The Labute approximate surface area is 61.6 Å². The normalized spacial score (nSPS) is 17.7. The Morgan fingerprint density at radius 1 is 1.70 bits per heavy atom. The molecule has 0 saturated heterocycles. The van der Waals surface area contributed by atoms with E-state index < -0.39 is 0 Å². The van der Waals surface area contributed by atoms with Gasteiger partial charge in [-0.3, -0.25) is 4.68 Å². The van der Waals surface area contributed by atoms with E-state index in [9.17, 15) is 0 Å². The molecule has 1 aromatic rings. The Morgan fingerprint density at radius 2 is 2.40 bits per heavy atom. The highest BCUT2D eigenvalue weighted by Crippen LogP contribution is 2.38. The summed E-state index contributed by atoms with van der Waals surface area (Å²) in [5.74, 6) is 0.701. The molecule has 0 amide bonds. The third kappa shape index (κ3) is 0.771. The molecule has 2 nitrogen and oxygen atoms in total. The average molecular weight is 132 g/mol. The molecule has 2 rings (SSSR count). The molecule has 0 atom stereocenters. The molecule has 0 spiro atoms. The molecule has 10 heavy (non-hydrogen) atoms. The minimum atomic E-state index is 0.701. The molecular weight excluding hydrogens is 123 g/mol. The highest BCUT2D eigenvalue weighted by atomic mass is 15.3. The number of nitrogens with zero attached hydrogens (tertiary/aromatic N) is 2. The molecule has 1 aromatic heterocycles. The van der Waals surface area contributed by atoms with Crippen molar-refractivity contribution in [3.63, 3.8) is 0 Å². The number of hydrogen-bond acceptors (Lipinski definition) is 1. The van der Waals surface area contributed by atoms with Gasteiger partial charge in [0, 0.05) is 24.9 Å². The molecule has 3 heteroatoms. The summed E-state index contributed by atoms with van der Waals surface area (Å²) < 4.78 is 1.88. The predicted molar refractivity (Wildman–Crippen MR) is 40.6 cm³/mol. The molecule has 0 N–H and O–H groups in total. The standard InChI is InChI=1S/C7H9BN2/c1-10-7(5-2-3-5)6(8)4-9-10/h4-5H,2-3H2,1H3. The molecule has 0 unspecified atom stereocenters. The lowest BCUT2D eigenvalue weighted by atomic mass is 9.95. The summed E-state index contributed by atoms with van der Waals surface area (Å²) >= 11 is 0. The van der Waals surface area contributed by atoms with Crippen LogP contribution in [0.15, 0.2) is 6.20 Å². The zero-order chi connectivity index (χ0) is 7.14. The first kappa shape index (κ1) is 6.02. The second-order valence-corrected chi connectivity index (χ2v) is 2.88. The van der Waals surface area contributed by atoms with Crippen molar-refractivity contribution in [1.29, 1.82) is 0 Å². The maximum atomic E-state index is 5.70. The van der Waals surface area contributed by atoms with Crippen LogP contribution in [-0.4, -0.2) is 17.6 Å². The molecule has 50 valence electrons. The molecule has 1 aliphatic carbocycles. The summed E-state index contributed by atoms with van der Waals surface area (Å²) in [6.45, 7) is 0. The minimum Gasteiger partial charge on any atom is -0.273 e. The first-order valence-electron chi connectivity index (χ1n) is 3.56. The molecule has 1 aliphatic rings. The van der Waals surface area contributed by atoms with Crippen LogP contribution in [0.5, 0.6) is 0 Å². The molecule has 1 heterocycles. The van der Waals surface area contributed by atoms with Gasteiger partial charge in [0.2, 0.25) is 0 Å². The van der Waals surface area contributed by atoms with Crippen LogP contribution in [0.3, 0.4) is 0 Å². The van der Waals surface area contributed by atoms with Crippen LogP contribution < -0.4 is 5.46 Å². The van der Waals surface area contributed by atoms with Crippen molar-refractivity contribution >= 4 is 13.3 Å². The van der Waals surface area contributed by atoms with Crippen molar-refractivity contribution < 1.29 is 0 Å². The monoisotopic (exact) mass is 132 g/mol. The lowest BCUT2D eigenvalue weighted by molar-refractivity contribution is 0.715. The molecule has 2 radical (unpaired) electrons. The third-order valence-corrected chi connectivity index (χ3v) is 1.98. The maximum absolute atomic E-state index is 5.70. The molecule has 0 aromatic carbocycles. The van der Waals surface area contributed by atoms with Crippen LogP contribution in [0.1, 0.15) is 24.5 Å². The lowest BCUT2D eigenvalue weighted by Gasteiger charge is -1.98. The Hall–Kier alpha value is -0.725. The van der Waals surface area contributed by atoms with Gasteiger partial charge in [-0.25, -0.2) is 0 Å². The van der Waals surface area contributed by atoms with Crippen LogP contribution in [0.2, 0.25) is 0 Å². The fourth-order valence-corrected chi connectivity index (χ4v) is 1.32. The van der Waals surface area contributed by atoms with Crippen LogP contribution >= 0.6 is 0 Å². The van der Waals surface area contributed by atoms with Crippen molar-refractivity contribution in [2.45, 2.75) is 18.8 Å². The molecule has 0 bridgehead atoms. The zero-order valence-electron chi connectivity index (χ0n) is 6.04. The van der Waals surface area contributed by atoms with Crippen LogP contribution in [0, 0.1) is 0 Å². The van der Waals surface area contributed by atoms with Crippen molar-refractivity contribution in [3.05, 3.63) is 11.9 Å². The van der Waals surface area contributed by atoms with Crippen LogP contribution in [-0.2, 0) is 7.05 Å². The highest BCUT2D eigenvalue weighted by Gasteiger charge is 2.27. The van der Waals surface area contributed by atoms with Gasteiger partial charge in [0.25, 0.3) is 0 Å². The van der Waals surface area contributed by atoms with E-state index in [0.29, 0.717) is 5.92 Å². The Bertz CT molecular complexity index is 231. The number of rotatable bonds is 1. The number of hydrogen-bond donors (Lipinski definition) is 0. The van der Waals surface area contributed by atoms with Gasteiger partial charge < -0.3 is 0 Å². The van der Waals surface area contributed by atoms with Crippen LogP contribution in [0.25, 0.3) is 0 Å². The molecular formula is C7H9BN2. The zero-order valence-corrected chi connectivity index (χ0v) is 6.04. The number of aryl methyl sites for hydroxylation is 1. The first-order chi connectivity index (χ1) is 4.79. The highest BCUT2D eigenvalue weighted by molar-refractivity contribution is 6.33. The Morgan fingerprint density at radius 3 is 2.80 bits per heavy atom. The maximum Gasteiger partial charge on any atom is 0.118 e. The average Bonchev–Trinajstić information content (AvgIpc) is 2.64. The smallest absolute Gasteiger partial charge is 0.118 e. The van der Waals surface area contributed by atoms with Gasteiger partial charge in [0.1, 0.15) is 7.85 Å². The topological polar surface area (TPSA) is 17.8 Å². The van der Waals surface area contributed by atoms with Crippen molar-refractivity contribution in [2.24, 2.45) is 7.05 Å². The van der Waals surface area contributed by atoms with E-state index in [1.54, 1.807) is 6.20 Å². The van der Waals surface area contributed by atoms with E-state index in [2.05, 4.69) is 5.10 Å². The summed E-state index contributed by atoms with van der Waals surface area (Å²) in [5, 5.41) is 4.07. The minimum absolute atomic E-state index is 0.701.